The number of rotatable bonds is 19. The first-order valence-corrected chi connectivity index (χ1v) is 12.5. The van der Waals surface area contributed by atoms with Crippen LogP contribution >= 0.6 is 0 Å². The molecule has 190 valence electrons. The minimum absolute atomic E-state index is 0.155. The molecule has 0 spiro atoms. The highest BCUT2D eigenvalue weighted by Gasteiger charge is 2.25. The van der Waals surface area contributed by atoms with Crippen LogP contribution < -0.4 is 5.32 Å². The van der Waals surface area contributed by atoms with Crippen LogP contribution in [0.3, 0.4) is 0 Å². The van der Waals surface area contributed by atoms with Gasteiger partial charge in [0, 0.05) is 6.08 Å². The van der Waals surface area contributed by atoms with Crippen LogP contribution in [0.4, 0.5) is 0 Å². The molecular weight excluding hydrogens is 430 g/mol. The minimum Gasteiger partial charge on any atom is -0.466 e. The van der Waals surface area contributed by atoms with E-state index in [2.05, 4.69) is 24.4 Å². The third-order valence-electron chi connectivity index (χ3n) is 4.70. The number of amides is 1. The van der Waals surface area contributed by atoms with Gasteiger partial charge in [0.2, 0.25) is 5.91 Å². The normalized spacial score (nSPS) is 12.9. The lowest BCUT2D eigenvalue weighted by atomic mass is 10.1. The maximum atomic E-state index is 12.0. The molecule has 34 heavy (non-hydrogen) atoms. The van der Waals surface area contributed by atoms with Crippen molar-refractivity contribution >= 4 is 17.8 Å². The predicted octanol–water partition coefficient (Wildman–Crippen LogP) is 5.91. The Labute approximate surface area is 205 Å². The second kappa shape index (κ2) is 23.3. The van der Waals surface area contributed by atoms with Gasteiger partial charge < -0.3 is 14.8 Å². The zero-order valence-corrected chi connectivity index (χ0v) is 21.2. The van der Waals surface area contributed by atoms with Crippen LogP contribution in [0.2, 0.25) is 0 Å². The first-order chi connectivity index (χ1) is 16.5. The highest BCUT2D eigenvalue weighted by atomic mass is 16.5. The van der Waals surface area contributed by atoms with Crippen LogP contribution in [0.1, 0.15) is 78.6 Å². The smallest absolute Gasteiger partial charge is 0.329 e. The molecule has 1 atom stereocenters. The molecule has 0 saturated carbocycles. The number of esters is 2. The number of carbonyl (C=O) groups is 3. The van der Waals surface area contributed by atoms with Crippen LogP contribution in [0.15, 0.2) is 60.8 Å². The van der Waals surface area contributed by atoms with Crippen molar-refractivity contribution in [1.29, 1.82) is 0 Å². The molecule has 1 N–H and O–H groups in total. The zero-order valence-electron chi connectivity index (χ0n) is 21.2. The molecule has 0 fully saturated rings. The summed E-state index contributed by atoms with van der Waals surface area (Å²) in [5.41, 5.74) is 0. The molecule has 6 nitrogen and oxygen atoms in total. The first kappa shape index (κ1) is 31.1. The largest absolute Gasteiger partial charge is 0.466 e. The van der Waals surface area contributed by atoms with Crippen molar-refractivity contribution in [3.8, 4) is 0 Å². The van der Waals surface area contributed by atoms with E-state index < -0.39 is 23.9 Å². The third-order valence-corrected chi connectivity index (χ3v) is 4.70. The highest BCUT2D eigenvalue weighted by molar-refractivity contribution is 5.93. The zero-order chi connectivity index (χ0) is 25.3. The second-order valence-corrected chi connectivity index (χ2v) is 7.67. The van der Waals surface area contributed by atoms with E-state index >= 15 is 0 Å². The molecule has 6 heteroatoms. The maximum absolute atomic E-state index is 12.0. The standard InChI is InChI=1S/C28H43NO5/c1-4-7-8-9-10-11-12-13-14-15-16-17-18-19-20-21-22-23-26(30)29-25(28(32)34-6-3)24-27(31)33-5-2/h14-23,25H,4-13,24H2,1-3H3,(H,29,30)/t25-/m0/s1. The molecule has 0 heterocycles. The van der Waals surface area contributed by atoms with Crippen LogP contribution in [-0.4, -0.2) is 37.1 Å². The van der Waals surface area contributed by atoms with E-state index in [9.17, 15) is 14.4 Å². The van der Waals surface area contributed by atoms with Crippen molar-refractivity contribution in [2.45, 2.75) is 84.6 Å². The molecule has 0 bridgehead atoms. The fourth-order valence-corrected chi connectivity index (χ4v) is 2.96. The van der Waals surface area contributed by atoms with Crippen molar-refractivity contribution in [1.82, 2.24) is 5.32 Å². The summed E-state index contributed by atoms with van der Waals surface area (Å²) in [6.45, 7) is 5.92. The SMILES string of the molecule is CCCCCCCCCC=CC=CC=CC=CC=CC(=O)N[C@@H](CC(=O)OCC)C(=O)OCC. The van der Waals surface area contributed by atoms with E-state index in [0.29, 0.717) is 0 Å². The topological polar surface area (TPSA) is 81.7 Å². The average molecular weight is 474 g/mol. The summed E-state index contributed by atoms with van der Waals surface area (Å²) >= 11 is 0. The lowest BCUT2D eigenvalue weighted by Crippen LogP contribution is -2.42. The van der Waals surface area contributed by atoms with Gasteiger partial charge >= 0.3 is 11.9 Å². The van der Waals surface area contributed by atoms with Gasteiger partial charge in [0.15, 0.2) is 0 Å². The second-order valence-electron chi connectivity index (χ2n) is 7.67. The van der Waals surface area contributed by atoms with Crippen molar-refractivity contribution < 1.29 is 23.9 Å². The van der Waals surface area contributed by atoms with E-state index in [-0.39, 0.29) is 19.6 Å². The van der Waals surface area contributed by atoms with Gasteiger partial charge in [-0.3, -0.25) is 9.59 Å². The molecule has 0 aromatic rings. The Morgan fingerprint density at radius 1 is 0.706 bits per heavy atom. The molecule has 1 amide bonds. The number of allylic oxidation sites excluding steroid dienone is 9. The Kier molecular flexibility index (Phi) is 21.3. The average Bonchev–Trinajstić information content (AvgIpc) is 2.81. The minimum atomic E-state index is -1.08. The fraction of sp³-hybridized carbons (Fsp3) is 0.536. The fourth-order valence-electron chi connectivity index (χ4n) is 2.96. The number of carbonyl (C=O) groups excluding carboxylic acids is 3. The predicted molar refractivity (Wildman–Crippen MR) is 138 cm³/mol. The van der Waals surface area contributed by atoms with Gasteiger partial charge in [-0.1, -0.05) is 100 Å². The molecule has 0 aliphatic heterocycles. The van der Waals surface area contributed by atoms with Gasteiger partial charge in [-0.25, -0.2) is 4.79 Å². The number of ether oxygens (including phenoxy) is 2. The molecule has 0 rings (SSSR count). The molecule has 0 aromatic carbocycles. The van der Waals surface area contributed by atoms with E-state index in [1.165, 1.54) is 51.0 Å². The number of hydrogen-bond acceptors (Lipinski definition) is 5. The van der Waals surface area contributed by atoms with E-state index in [1.807, 2.05) is 24.3 Å². The summed E-state index contributed by atoms with van der Waals surface area (Å²) in [4.78, 5) is 35.6. The Morgan fingerprint density at radius 2 is 1.26 bits per heavy atom. The Hall–Kier alpha value is -2.89. The number of nitrogens with one attached hydrogen (secondary N) is 1. The molecular formula is C28H43NO5. The van der Waals surface area contributed by atoms with Crippen LogP contribution in [0, 0.1) is 0 Å². The summed E-state index contributed by atoms with van der Waals surface area (Å²) in [6.07, 6.45) is 28.4. The van der Waals surface area contributed by atoms with Gasteiger partial charge in [-0.15, -0.1) is 0 Å². The van der Waals surface area contributed by atoms with Gasteiger partial charge in [0.25, 0.3) is 0 Å². The third kappa shape index (κ3) is 19.8. The summed E-state index contributed by atoms with van der Waals surface area (Å²) in [5, 5.41) is 2.47. The lowest BCUT2D eigenvalue weighted by Gasteiger charge is -2.15. The van der Waals surface area contributed by atoms with Gasteiger partial charge in [0.1, 0.15) is 6.04 Å². The number of hydrogen-bond donors (Lipinski definition) is 1. The first-order valence-electron chi connectivity index (χ1n) is 12.5. The molecule has 0 unspecified atom stereocenters. The molecule has 0 aliphatic carbocycles. The van der Waals surface area contributed by atoms with Crippen molar-refractivity contribution in [3.05, 3.63) is 60.8 Å². The molecule has 0 saturated heterocycles. The molecule has 0 aliphatic rings. The van der Waals surface area contributed by atoms with E-state index in [4.69, 9.17) is 9.47 Å². The van der Waals surface area contributed by atoms with Gasteiger partial charge in [-0.2, -0.15) is 0 Å². The maximum Gasteiger partial charge on any atom is 0.329 e. The van der Waals surface area contributed by atoms with Crippen molar-refractivity contribution in [2.75, 3.05) is 13.2 Å². The summed E-state index contributed by atoms with van der Waals surface area (Å²) in [7, 11) is 0. The number of unbranched alkanes of at least 4 members (excludes halogenated alkanes) is 7. The van der Waals surface area contributed by atoms with Crippen LogP contribution in [-0.2, 0) is 23.9 Å². The Balaban J connectivity index is 4.20. The summed E-state index contributed by atoms with van der Waals surface area (Å²) in [6, 6.07) is -1.08. The van der Waals surface area contributed by atoms with Gasteiger partial charge in [0.05, 0.1) is 19.6 Å². The highest BCUT2D eigenvalue weighted by Crippen LogP contribution is 2.08. The Morgan fingerprint density at radius 3 is 1.88 bits per heavy atom. The Bertz CT molecular complexity index is 704. The van der Waals surface area contributed by atoms with Crippen molar-refractivity contribution in [2.24, 2.45) is 0 Å². The monoisotopic (exact) mass is 473 g/mol. The van der Waals surface area contributed by atoms with Crippen molar-refractivity contribution in [3.63, 3.8) is 0 Å². The molecule has 0 radical (unpaired) electrons. The quantitative estimate of drug-likeness (QED) is 0.109. The van der Waals surface area contributed by atoms with Gasteiger partial charge in [-0.05, 0) is 26.7 Å². The summed E-state index contributed by atoms with van der Waals surface area (Å²) in [5.74, 6) is -1.74. The van der Waals surface area contributed by atoms with Crippen LogP contribution in [0.25, 0.3) is 0 Å². The lowest BCUT2D eigenvalue weighted by molar-refractivity contribution is -0.153. The van der Waals surface area contributed by atoms with E-state index in [0.717, 1.165) is 6.42 Å². The molecule has 0 aromatic heterocycles. The van der Waals surface area contributed by atoms with Crippen LogP contribution in [0.5, 0.6) is 0 Å². The van der Waals surface area contributed by atoms with E-state index in [1.54, 1.807) is 32.1 Å². The summed E-state index contributed by atoms with van der Waals surface area (Å²) < 4.78 is 9.74.